The number of aryl methyl sites for hydroxylation is 2. The first-order valence-corrected chi connectivity index (χ1v) is 9.29. The number of fused-ring (bicyclic) bond motifs is 1. The number of aromatic nitrogens is 1. The summed E-state index contributed by atoms with van der Waals surface area (Å²) in [4.78, 5) is 7.60. The van der Waals surface area contributed by atoms with Gasteiger partial charge in [-0.25, -0.2) is 4.98 Å². The summed E-state index contributed by atoms with van der Waals surface area (Å²) in [6.07, 6.45) is 9.42. The molecule has 0 saturated heterocycles. The Morgan fingerprint density at radius 1 is 1.35 bits per heavy atom. The highest BCUT2D eigenvalue weighted by Crippen LogP contribution is 2.34. The first-order chi connectivity index (χ1) is 9.86. The van der Waals surface area contributed by atoms with E-state index in [1.165, 1.54) is 42.0 Å². The largest absolute Gasteiger partial charge is 0.309 e. The molecule has 1 N–H and O–H groups in total. The van der Waals surface area contributed by atoms with Gasteiger partial charge in [0.05, 0.1) is 5.01 Å². The van der Waals surface area contributed by atoms with E-state index < -0.39 is 0 Å². The minimum absolute atomic E-state index is 0.441. The third-order valence-corrected chi connectivity index (χ3v) is 6.01. The summed E-state index contributed by atoms with van der Waals surface area (Å²) in [7, 11) is 0. The lowest BCUT2D eigenvalue weighted by molar-refractivity contribution is 0.535. The van der Waals surface area contributed by atoms with Crippen molar-refractivity contribution in [2.24, 2.45) is 0 Å². The van der Waals surface area contributed by atoms with Crippen LogP contribution in [0.1, 0.15) is 52.6 Å². The minimum atomic E-state index is 0.441. The van der Waals surface area contributed by atoms with E-state index in [9.17, 15) is 0 Å². The van der Waals surface area contributed by atoms with Gasteiger partial charge in [-0.05, 0) is 50.3 Å². The van der Waals surface area contributed by atoms with Gasteiger partial charge < -0.3 is 5.32 Å². The van der Waals surface area contributed by atoms with Gasteiger partial charge in [0.1, 0.15) is 0 Å². The molecule has 2 aromatic rings. The Bertz CT molecular complexity index is 507. The Kier molecular flexibility index (Phi) is 4.86. The predicted octanol–water partition coefficient (Wildman–Crippen LogP) is 4.37. The van der Waals surface area contributed by atoms with Crippen LogP contribution in [0.2, 0.25) is 0 Å². The average molecular weight is 307 g/mol. The van der Waals surface area contributed by atoms with E-state index in [0.717, 1.165) is 13.0 Å². The quantitative estimate of drug-likeness (QED) is 0.857. The van der Waals surface area contributed by atoms with Gasteiger partial charge >= 0.3 is 0 Å². The number of hydrogen-bond acceptors (Lipinski definition) is 4. The predicted molar refractivity (Wildman–Crippen MR) is 87.8 cm³/mol. The molecule has 0 radical (unpaired) electrons. The molecule has 1 aliphatic rings. The molecule has 108 valence electrons. The number of rotatable bonds is 6. The molecule has 2 nitrogen and oxygen atoms in total. The highest BCUT2D eigenvalue weighted by atomic mass is 32.1. The fraction of sp³-hybridized carbons (Fsp3) is 0.562. The summed E-state index contributed by atoms with van der Waals surface area (Å²) < 4.78 is 0. The van der Waals surface area contributed by atoms with Crippen LogP contribution in [-0.4, -0.2) is 11.5 Å². The van der Waals surface area contributed by atoms with Crippen molar-refractivity contribution in [1.29, 1.82) is 0 Å². The van der Waals surface area contributed by atoms with Crippen LogP contribution in [-0.2, 0) is 19.3 Å². The van der Waals surface area contributed by atoms with Gasteiger partial charge in [-0.1, -0.05) is 6.92 Å². The molecule has 0 amide bonds. The van der Waals surface area contributed by atoms with Gasteiger partial charge in [-0.15, -0.1) is 22.7 Å². The van der Waals surface area contributed by atoms with E-state index in [-0.39, 0.29) is 0 Å². The van der Waals surface area contributed by atoms with Crippen molar-refractivity contribution < 1.29 is 0 Å². The summed E-state index contributed by atoms with van der Waals surface area (Å²) in [5.41, 5.74) is 1.61. The molecule has 4 heteroatoms. The van der Waals surface area contributed by atoms with Crippen molar-refractivity contribution in [2.45, 2.75) is 51.5 Å². The maximum atomic E-state index is 4.45. The van der Waals surface area contributed by atoms with Gasteiger partial charge in [-0.3, -0.25) is 0 Å². The molecule has 0 fully saturated rings. The van der Waals surface area contributed by atoms with Gasteiger partial charge in [0, 0.05) is 33.8 Å². The van der Waals surface area contributed by atoms with Gasteiger partial charge in [0.25, 0.3) is 0 Å². The standard InChI is InChI=1S/C16H22N2S2/c1-2-7-17-13(11-16-18-8-9-19-16)15-10-12-5-3-4-6-14(12)20-15/h8-10,13,17H,2-7,11H2,1H3. The molecule has 0 aliphatic heterocycles. The summed E-state index contributed by atoms with van der Waals surface area (Å²) in [5.74, 6) is 0. The molecular weight excluding hydrogens is 284 g/mol. The highest BCUT2D eigenvalue weighted by molar-refractivity contribution is 7.12. The van der Waals surface area contributed by atoms with Crippen LogP contribution in [0.3, 0.4) is 0 Å². The molecule has 0 bridgehead atoms. The number of hydrogen-bond donors (Lipinski definition) is 1. The van der Waals surface area contributed by atoms with Crippen LogP contribution in [0.4, 0.5) is 0 Å². The van der Waals surface area contributed by atoms with E-state index in [2.05, 4.69) is 28.7 Å². The van der Waals surface area contributed by atoms with E-state index in [0.29, 0.717) is 6.04 Å². The van der Waals surface area contributed by atoms with Crippen LogP contribution in [0.25, 0.3) is 0 Å². The summed E-state index contributed by atoms with van der Waals surface area (Å²) in [5, 5.41) is 7.03. The first kappa shape index (κ1) is 14.2. The van der Waals surface area contributed by atoms with Crippen LogP contribution >= 0.6 is 22.7 Å². The molecule has 20 heavy (non-hydrogen) atoms. The number of thiophene rings is 1. The van der Waals surface area contributed by atoms with Gasteiger partial charge in [-0.2, -0.15) is 0 Å². The molecule has 2 heterocycles. The highest BCUT2D eigenvalue weighted by Gasteiger charge is 2.19. The van der Waals surface area contributed by atoms with Gasteiger partial charge in [0.15, 0.2) is 0 Å². The lowest BCUT2D eigenvalue weighted by Gasteiger charge is -2.15. The Morgan fingerprint density at radius 2 is 2.25 bits per heavy atom. The Labute approximate surface area is 129 Å². The molecule has 1 atom stereocenters. The Balaban J connectivity index is 1.78. The lowest BCUT2D eigenvalue weighted by Crippen LogP contribution is -2.23. The molecule has 0 spiro atoms. The van der Waals surface area contributed by atoms with Crippen molar-refractivity contribution in [3.63, 3.8) is 0 Å². The second-order valence-corrected chi connectivity index (χ2v) is 7.59. The van der Waals surface area contributed by atoms with Crippen molar-refractivity contribution in [1.82, 2.24) is 10.3 Å². The van der Waals surface area contributed by atoms with E-state index in [1.54, 1.807) is 21.8 Å². The third kappa shape index (κ3) is 3.30. The van der Waals surface area contributed by atoms with Crippen molar-refractivity contribution in [3.8, 4) is 0 Å². The van der Waals surface area contributed by atoms with Gasteiger partial charge in [0.2, 0.25) is 0 Å². The lowest BCUT2D eigenvalue weighted by atomic mass is 9.98. The second kappa shape index (κ2) is 6.83. The average Bonchev–Trinajstić information content (AvgIpc) is 3.12. The number of nitrogens with one attached hydrogen (secondary N) is 1. The van der Waals surface area contributed by atoms with E-state index >= 15 is 0 Å². The summed E-state index contributed by atoms with van der Waals surface area (Å²) >= 11 is 3.80. The number of thiazole rings is 1. The van der Waals surface area contributed by atoms with Crippen molar-refractivity contribution >= 4 is 22.7 Å². The summed E-state index contributed by atoms with van der Waals surface area (Å²) in [6.45, 7) is 3.31. The zero-order valence-corrected chi connectivity index (χ0v) is 13.7. The molecule has 1 unspecified atom stereocenters. The molecule has 3 rings (SSSR count). The van der Waals surface area contributed by atoms with Crippen molar-refractivity contribution in [2.75, 3.05) is 6.54 Å². The Morgan fingerprint density at radius 3 is 3.00 bits per heavy atom. The molecule has 0 aromatic carbocycles. The number of nitrogens with zero attached hydrogens (tertiary/aromatic N) is 1. The molecule has 1 aliphatic carbocycles. The monoisotopic (exact) mass is 306 g/mol. The maximum Gasteiger partial charge on any atom is 0.0944 e. The topological polar surface area (TPSA) is 24.9 Å². The van der Waals surface area contributed by atoms with Crippen LogP contribution in [0.15, 0.2) is 17.6 Å². The zero-order valence-electron chi connectivity index (χ0n) is 12.0. The second-order valence-electron chi connectivity index (χ2n) is 5.44. The molecule has 2 aromatic heterocycles. The SMILES string of the molecule is CCCNC(Cc1nccs1)c1cc2c(s1)CCCC2. The van der Waals surface area contributed by atoms with E-state index in [1.807, 2.05) is 17.5 Å². The van der Waals surface area contributed by atoms with E-state index in [4.69, 9.17) is 0 Å². The van der Waals surface area contributed by atoms with Crippen LogP contribution in [0, 0.1) is 0 Å². The normalized spacial score (nSPS) is 16.1. The smallest absolute Gasteiger partial charge is 0.0944 e. The summed E-state index contributed by atoms with van der Waals surface area (Å²) in [6, 6.07) is 2.90. The first-order valence-electron chi connectivity index (χ1n) is 7.60. The molecular formula is C16H22N2S2. The zero-order chi connectivity index (χ0) is 13.8. The van der Waals surface area contributed by atoms with Crippen molar-refractivity contribution in [3.05, 3.63) is 38.0 Å². The van der Waals surface area contributed by atoms with Crippen LogP contribution < -0.4 is 5.32 Å². The Hall–Kier alpha value is -0.710. The fourth-order valence-electron chi connectivity index (χ4n) is 2.81. The minimum Gasteiger partial charge on any atom is -0.309 e. The third-order valence-electron chi connectivity index (χ3n) is 3.86. The maximum absolute atomic E-state index is 4.45. The van der Waals surface area contributed by atoms with Crippen LogP contribution in [0.5, 0.6) is 0 Å². The fourth-order valence-corrected chi connectivity index (χ4v) is 4.80. The molecule has 0 saturated carbocycles.